The third-order valence-electron chi connectivity index (χ3n) is 6.09. The van der Waals surface area contributed by atoms with Crippen LogP contribution in [0.15, 0.2) is 0 Å². The number of rotatable bonds is 7. The Hall–Kier alpha value is -0.120. The largest absolute Gasteiger partial charge is 0.378 e. The van der Waals surface area contributed by atoms with Crippen molar-refractivity contribution in [1.82, 2.24) is 5.32 Å². The van der Waals surface area contributed by atoms with Gasteiger partial charge in [-0.1, -0.05) is 32.1 Å². The summed E-state index contributed by atoms with van der Waals surface area (Å²) < 4.78 is 12.0. The Morgan fingerprint density at radius 3 is 2.48 bits per heavy atom. The minimum absolute atomic E-state index is 0.446. The molecule has 2 atom stereocenters. The van der Waals surface area contributed by atoms with Crippen molar-refractivity contribution in [3.8, 4) is 0 Å². The molecule has 122 valence electrons. The summed E-state index contributed by atoms with van der Waals surface area (Å²) in [5.41, 5.74) is 0.446. The van der Waals surface area contributed by atoms with Crippen LogP contribution in [0.1, 0.15) is 71.1 Å². The van der Waals surface area contributed by atoms with Crippen LogP contribution in [0.3, 0.4) is 0 Å². The van der Waals surface area contributed by atoms with E-state index in [2.05, 4.69) is 12.2 Å². The van der Waals surface area contributed by atoms with Crippen LogP contribution in [0.5, 0.6) is 0 Å². The zero-order chi connectivity index (χ0) is 14.5. The van der Waals surface area contributed by atoms with E-state index in [0.717, 1.165) is 19.8 Å². The highest BCUT2D eigenvalue weighted by Crippen LogP contribution is 2.53. The van der Waals surface area contributed by atoms with Gasteiger partial charge in [-0.2, -0.15) is 0 Å². The molecule has 0 heterocycles. The van der Waals surface area contributed by atoms with Crippen LogP contribution in [-0.2, 0) is 9.47 Å². The molecule has 0 aromatic rings. The van der Waals surface area contributed by atoms with Crippen molar-refractivity contribution >= 4 is 0 Å². The minimum atomic E-state index is 0.446. The monoisotopic (exact) mass is 295 g/mol. The highest BCUT2D eigenvalue weighted by atomic mass is 16.5. The van der Waals surface area contributed by atoms with Crippen molar-refractivity contribution in [3.05, 3.63) is 0 Å². The molecule has 2 unspecified atom stereocenters. The maximum atomic E-state index is 6.02. The van der Waals surface area contributed by atoms with Gasteiger partial charge in [0.2, 0.25) is 0 Å². The second kappa shape index (κ2) is 7.43. The van der Waals surface area contributed by atoms with Gasteiger partial charge in [0.15, 0.2) is 0 Å². The highest BCUT2D eigenvalue weighted by Gasteiger charge is 2.55. The molecule has 0 bridgehead atoms. The zero-order valence-corrected chi connectivity index (χ0v) is 13.7. The summed E-state index contributed by atoms with van der Waals surface area (Å²) in [4.78, 5) is 0. The van der Waals surface area contributed by atoms with Gasteiger partial charge < -0.3 is 14.8 Å². The van der Waals surface area contributed by atoms with Gasteiger partial charge in [0, 0.05) is 24.6 Å². The van der Waals surface area contributed by atoms with Crippen LogP contribution in [0.4, 0.5) is 0 Å². The smallest absolute Gasteiger partial charge is 0.0661 e. The lowest BCUT2D eigenvalue weighted by molar-refractivity contribution is -0.150. The van der Waals surface area contributed by atoms with E-state index < -0.39 is 0 Å². The van der Waals surface area contributed by atoms with Gasteiger partial charge in [-0.25, -0.2) is 0 Å². The number of nitrogens with one attached hydrogen (secondary N) is 1. The van der Waals surface area contributed by atoms with Gasteiger partial charge in [0.05, 0.1) is 18.8 Å². The molecule has 0 aromatic carbocycles. The fourth-order valence-corrected chi connectivity index (χ4v) is 4.86. The van der Waals surface area contributed by atoms with Gasteiger partial charge in [-0.15, -0.1) is 0 Å². The van der Waals surface area contributed by atoms with Crippen molar-refractivity contribution in [2.24, 2.45) is 5.41 Å². The van der Waals surface area contributed by atoms with Crippen LogP contribution < -0.4 is 5.32 Å². The summed E-state index contributed by atoms with van der Waals surface area (Å²) in [5.74, 6) is 0. The third kappa shape index (κ3) is 3.46. The van der Waals surface area contributed by atoms with Crippen molar-refractivity contribution in [2.75, 3.05) is 19.8 Å². The SMILES string of the molecule is CCOC1CC(NCCOC2CCCC2)C12CCCCC2. The summed E-state index contributed by atoms with van der Waals surface area (Å²) in [6.07, 6.45) is 14.5. The molecule has 0 saturated heterocycles. The second-order valence-electron chi connectivity index (χ2n) is 7.26. The van der Waals surface area contributed by atoms with E-state index in [9.17, 15) is 0 Å². The van der Waals surface area contributed by atoms with Crippen molar-refractivity contribution < 1.29 is 9.47 Å². The number of hydrogen-bond acceptors (Lipinski definition) is 3. The lowest BCUT2D eigenvalue weighted by Crippen LogP contribution is -2.64. The van der Waals surface area contributed by atoms with E-state index >= 15 is 0 Å². The van der Waals surface area contributed by atoms with E-state index in [-0.39, 0.29) is 0 Å². The maximum absolute atomic E-state index is 6.02. The van der Waals surface area contributed by atoms with E-state index in [1.165, 1.54) is 64.2 Å². The van der Waals surface area contributed by atoms with Gasteiger partial charge in [-0.05, 0) is 39.0 Å². The molecule has 3 aliphatic rings. The quantitative estimate of drug-likeness (QED) is 0.727. The lowest BCUT2D eigenvalue weighted by atomic mass is 9.55. The van der Waals surface area contributed by atoms with E-state index in [1.54, 1.807) is 0 Å². The Morgan fingerprint density at radius 2 is 1.76 bits per heavy atom. The first-order valence-corrected chi connectivity index (χ1v) is 9.32. The molecule has 3 saturated carbocycles. The van der Waals surface area contributed by atoms with E-state index in [4.69, 9.17) is 9.47 Å². The Bertz CT molecular complexity index is 308. The molecule has 0 amide bonds. The molecule has 1 N–H and O–H groups in total. The molecule has 3 nitrogen and oxygen atoms in total. The molecule has 0 radical (unpaired) electrons. The van der Waals surface area contributed by atoms with Gasteiger partial charge >= 0.3 is 0 Å². The Labute approximate surface area is 130 Å². The third-order valence-corrected chi connectivity index (χ3v) is 6.09. The second-order valence-corrected chi connectivity index (χ2v) is 7.26. The first kappa shape index (κ1) is 15.8. The predicted molar refractivity (Wildman–Crippen MR) is 85.5 cm³/mol. The summed E-state index contributed by atoms with van der Waals surface area (Å²) in [5, 5.41) is 3.79. The molecular formula is C18H33NO2. The normalized spacial score (nSPS) is 32.4. The first-order valence-electron chi connectivity index (χ1n) is 9.32. The molecule has 1 spiro atoms. The van der Waals surface area contributed by atoms with Crippen LogP contribution in [-0.4, -0.2) is 38.0 Å². The number of ether oxygens (including phenoxy) is 2. The Balaban J connectivity index is 1.41. The molecule has 0 aliphatic heterocycles. The average Bonchev–Trinajstić information content (AvgIpc) is 3.03. The Morgan fingerprint density at radius 1 is 1.00 bits per heavy atom. The molecule has 3 fully saturated rings. The molecular weight excluding hydrogens is 262 g/mol. The van der Waals surface area contributed by atoms with Gasteiger partial charge in [0.1, 0.15) is 0 Å². The predicted octanol–water partition coefficient (Wildman–Crippen LogP) is 3.66. The molecule has 3 rings (SSSR count). The van der Waals surface area contributed by atoms with Crippen LogP contribution in [0.25, 0.3) is 0 Å². The average molecular weight is 295 g/mol. The fraction of sp³-hybridized carbons (Fsp3) is 1.00. The standard InChI is InChI=1S/C18H33NO2/c1-2-20-17-14-16(18(17)10-6-3-7-11-18)19-12-13-21-15-8-4-5-9-15/h15-17,19H,2-14H2,1H3. The lowest BCUT2D eigenvalue weighted by Gasteiger charge is -2.58. The van der Waals surface area contributed by atoms with Crippen LogP contribution in [0.2, 0.25) is 0 Å². The zero-order valence-electron chi connectivity index (χ0n) is 13.7. The van der Waals surface area contributed by atoms with Crippen LogP contribution >= 0.6 is 0 Å². The van der Waals surface area contributed by atoms with Crippen molar-refractivity contribution in [2.45, 2.75) is 89.4 Å². The van der Waals surface area contributed by atoms with E-state index in [1.807, 2.05) is 0 Å². The molecule has 0 aromatic heterocycles. The fourth-order valence-electron chi connectivity index (χ4n) is 4.86. The highest BCUT2D eigenvalue weighted by molar-refractivity contribution is 5.08. The Kier molecular flexibility index (Phi) is 5.58. The van der Waals surface area contributed by atoms with E-state index in [0.29, 0.717) is 23.7 Å². The topological polar surface area (TPSA) is 30.5 Å². The summed E-state index contributed by atoms with van der Waals surface area (Å²) in [6.45, 7) is 4.90. The molecule has 3 aliphatic carbocycles. The van der Waals surface area contributed by atoms with Gasteiger partial charge in [0.25, 0.3) is 0 Å². The summed E-state index contributed by atoms with van der Waals surface area (Å²) in [6, 6.07) is 0.668. The van der Waals surface area contributed by atoms with Gasteiger partial charge in [-0.3, -0.25) is 0 Å². The molecule has 21 heavy (non-hydrogen) atoms. The number of hydrogen-bond donors (Lipinski definition) is 1. The van der Waals surface area contributed by atoms with Crippen molar-refractivity contribution in [1.29, 1.82) is 0 Å². The summed E-state index contributed by atoms with van der Waals surface area (Å²) in [7, 11) is 0. The van der Waals surface area contributed by atoms with Crippen molar-refractivity contribution in [3.63, 3.8) is 0 Å². The molecule has 3 heteroatoms. The first-order chi connectivity index (χ1) is 10.3. The summed E-state index contributed by atoms with van der Waals surface area (Å²) >= 11 is 0. The minimum Gasteiger partial charge on any atom is -0.378 e. The van der Waals surface area contributed by atoms with Crippen LogP contribution in [0, 0.1) is 5.41 Å². The maximum Gasteiger partial charge on any atom is 0.0661 e.